The first kappa shape index (κ1) is 13.8. The number of amides is 2. The van der Waals surface area contributed by atoms with Crippen molar-refractivity contribution in [2.24, 2.45) is 5.73 Å². The topological polar surface area (TPSA) is 76.6 Å². The number of rotatable bonds is 4. The number of anilines is 1. The Labute approximate surface area is 116 Å². The molecule has 102 valence electrons. The van der Waals surface area contributed by atoms with Crippen LogP contribution in [0.15, 0.2) is 24.3 Å². The molecule has 2 rings (SSSR count). The van der Waals surface area contributed by atoms with Crippen molar-refractivity contribution in [1.29, 1.82) is 0 Å². The molecule has 0 spiro atoms. The average molecular weight is 283 g/mol. The highest BCUT2D eigenvalue weighted by molar-refractivity contribution is 6.30. The maximum Gasteiger partial charge on any atom is 0.279 e. The zero-order chi connectivity index (χ0) is 13.8. The Morgan fingerprint density at radius 1 is 1.37 bits per heavy atom. The summed E-state index contributed by atoms with van der Waals surface area (Å²) in [5.41, 5.74) is 6.02. The molecule has 2 amide bonds. The second kappa shape index (κ2) is 6.04. The van der Waals surface area contributed by atoms with Gasteiger partial charge in [0.1, 0.15) is 0 Å². The number of primary amides is 1. The Morgan fingerprint density at radius 2 is 2.05 bits per heavy atom. The molecule has 4 N–H and O–H groups in total. The highest BCUT2D eigenvalue weighted by Gasteiger charge is 2.34. The van der Waals surface area contributed by atoms with Crippen LogP contribution >= 0.6 is 11.6 Å². The number of carbonyl (C=O) groups is 2. The van der Waals surface area contributed by atoms with Gasteiger partial charge >= 0.3 is 0 Å². The lowest BCUT2D eigenvalue weighted by molar-refractivity contribution is -0.894. The SMILES string of the molecule is NC(=O)[C@H]1CCC[NH+]1CC(=O)Nc1ccc(Cl)cc1. The Kier molecular flexibility index (Phi) is 4.39. The van der Waals surface area contributed by atoms with E-state index in [2.05, 4.69) is 5.32 Å². The third kappa shape index (κ3) is 3.68. The van der Waals surface area contributed by atoms with Crippen molar-refractivity contribution in [3.8, 4) is 0 Å². The molecule has 2 atom stereocenters. The largest absolute Gasteiger partial charge is 0.365 e. The van der Waals surface area contributed by atoms with Crippen LogP contribution in [0.3, 0.4) is 0 Å². The van der Waals surface area contributed by atoms with E-state index in [9.17, 15) is 9.59 Å². The van der Waals surface area contributed by atoms with Crippen LogP contribution in [-0.4, -0.2) is 30.9 Å². The van der Waals surface area contributed by atoms with Gasteiger partial charge in [-0.25, -0.2) is 0 Å². The van der Waals surface area contributed by atoms with Crippen molar-refractivity contribution < 1.29 is 14.5 Å². The maximum absolute atomic E-state index is 11.9. The van der Waals surface area contributed by atoms with Crippen LogP contribution in [0.4, 0.5) is 5.69 Å². The molecule has 0 radical (unpaired) electrons. The Morgan fingerprint density at radius 3 is 2.68 bits per heavy atom. The third-order valence-corrected chi connectivity index (χ3v) is 3.59. The molecule has 1 aromatic carbocycles. The summed E-state index contributed by atoms with van der Waals surface area (Å²) in [5.74, 6) is -0.447. The van der Waals surface area contributed by atoms with Crippen LogP contribution in [0.2, 0.25) is 5.02 Å². The Hall–Kier alpha value is -1.59. The van der Waals surface area contributed by atoms with Gasteiger partial charge in [0.25, 0.3) is 11.8 Å². The van der Waals surface area contributed by atoms with E-state index in [-0.39, 0.29) is 24.4 Å². The van der Waals surface area contributed by atoms with E-state index in [4.69, 9.17) is 17.3 Å². The van der Waals surface area contributed by atoms with E-state index in [0.717, 1.165) is 24.3 Å². The molecule has 5 nitrogen and oxygen atoms in total. The van der Waals surface area contributed by atoms with Crippen LogP contribution in [-0.2, 0) is 9.59 Å². The lowest BCUT2D eigenvalue weighted by Crippen LogP contribution is -3.16. The molecule has 1 saturated heterocycles. The fourth-order valence-electron chi connectivity index (χ4n) is 2.41. The van der Waals surface area contributed by atoms with Crippen molar-refractivity contribution in [2.45, 2.75) is 18.9 Å². The van der Waals surface area contributed by atoms with Crippen molar-refractivity contribution in [3.05, 3.63) is 29.3 Å². The number of nitrogens with one attached hydrogen (secondary N) is 2. The molecule has 0 saturated carbocycles. The maximum atomic E-state index is 11.9. The van der Waals surface area contributed by atoms with Crippen molar-refractivity contribution in [3.63, 3.8) is 0 Å². The second-order valence-corrected chi connectivity index (χ2v) is 5.17. The predicted molar refractivity (Wildman–Crippen MR) is 73.0 cm³/mol. The molecule has 0 bridgehead atoms. The number of likely N-dealkylation sites (tertiary alicyclic amines) is 1. The minimum atomic E-state index is -0.327. The number of nitrogens with two attached hydrogens (primary N) is 1. The quantitative estimate of drug-likeness (QED) is 0.716. The van der Waals surface area contributed by atoms with Gasteiger partial charge in [-0.15, -0.1) is 0 Å². The van der Waals surface area contributed by atoms with Gasteiger partial charge < -0.3 is 16.0 Å². The fourth-order valence-corrected chi connectivity index (χ4v) is 2.54. The molecule has 1 aliphatic rings. The minimum absolute atomic E-state index is 0.120. The van der Waals surface area contributed by atoms with Gasteiger partial charge in [-0.1, -0.05) is 11.6 Å². The first-order valence-electron chi connectivity index (χ1n) is 6.25. The molecular weight excluding hydrogens is 266 g/mol. The van der Waals surface area contributed by atoms with Crippen LogP contribution in [0.1, 0.15) is 12.8 Å². The standard InChI is InChI=1S/C13H16ClN3O2/c14-9-3-5-10(6-4-9)16-12(18)8-17-7-1-2-11(17)13(15)19/h3-6,11H,1-2,7-8H2,(H2,15,19)(H,16,18)/p+1/t11-/m1/s1. The summed E-state index contributed by atoms with van der Waals surface area (Å²) in [6.07, 6.45) is 1.69. The van der Waals surface area contributed by atoms with E-state index >= 15 is 0 Å². The summed E-state index contributed by atoms with van der Waals surface area (Å²) in [4.78, 5) is 24.1. The molecule has 1 unspecified atom stereocenters. The van der Waals surface area contributed by atoms with Crippen molar-refractivity contribution in [2.75, 3.05) is 18.4 Å². The molecule has 1 aliphatic heterocycles. The number of hydrogen-bond donors (Lipinski definition) is 3. The number of benzene rings is 1. The van der Waals surface area contributed by atoms with Crippen LogP contribution in [0, 0.1) is 0 Å². The van der Waals surface area contributed by atoms with E-state index in [1.54, 1.807) is 24.3 Å². The first-order chi connectivity index (χ1) is 9.06. The van der Waals surface area contributed by atoms with Gasteiger partial charge in [0.15, 0.2) is 12.6 Å². The van der Waals surface area contributed by atoms with Gasteiger partial charge in [0.05, 0.1) is 6.54 Å². The highest BCUT2D eigenvalue weighted by Crippen LogP contribution is 2.13. The molecule has 0 aromatic heterocycles. The zero-order valence-corrected chi connectivity index (χ0v) is 11.2. The molecule has 6 heteroatoms. The van der Waals surface area contributed by atoms with E-state index in [1.807, 2.05) is 0 Å². The van der Waals surface area contributed by atoms with E-state index < -0.39 is 0 Å². The Balaban J connectivity index is 1.90. The third-order valence-electron chi connectivity index (χ3n) is 3.34. The molecule has 19 heavy (non-hydrogen) atoms. The molecule has 1 aromatic rings. The lowest BCUT2D eigenvalue weighted by Gasteiger charge is -2.18. The normalized spacial score (nSPS) is 22.2. The summed E-state index contributed by atoms with van der Waals surface area (Å²) in [7, 11) is 0. The first-order valence-corrected chi connectivity index (χ1v) is 6.63. The van der Waals surface area contributed by atoms with Gasteiger partial charge in [-0.05, 0) is 24.3 Å². The number of hydrogen-bond acceptors (Lipinski definition) is 2. The lowest BCUT2D eigenvalue weighted by atomic mass is 10.2. The van der Waals surface area contributed by atoms with Crippen LogP contribution in [0.5, 0.6) is 0 Å². The highest BCUT2D eigenvalue weighted by atomic mass is 35.5. The minimum Gasteiger partial charge on any atom is -0.365 e. The number of halogens is 1. The summed E-state index contributed by atoms with van der Waals surface area (Å²) in [6.45, 7) is 1.07. The van der Waals surface area contributed by atoms with Gasteiger partial charge in [-0.3, -0.25) is 9.59 Å². The van der Waals surface area contributed by atoms with Gasteiger partial charge in [0.2, 0.25) is 0 Å². The van der Waals surface area contributed by atoms with Crippen molar-refractivity contribution >= 4 is 29.1 Å². The monoisotopic (exact) mass is 282 g/mol. The molecular formula is C13H17ClN3O2+. The van der Waals surface area contributed by atoms with Crippen LogP contribution in [0.25, 0.3) is 0 Å². The van der Waals surface area contributed by atoms with Gasteiger partial charge in [-0.2, -0.15) is 0 Å². The second-order valence-electron chi connectivity index (χ2n) is 4.74. The summed E-state index contributed by atoms with van der Waals surface area (Å²) >= 11 is 5.77. The smallest absolute Gasteiger partial charge is 0.279 e. The fraction of sp³-hybridized carbons (Fsp3) is 0.385. The summed E-state index contributed by atoms with van der Waals surface area (Å²) in [5, 5.41) is 3.41. The van der Waals surface area contributed by atoms with E-state index in [0.29, 0.717) is 10.7 Å². The van der Waals surface area contributed by atoms with E-state index in [1.165, 1.54) is 0 Å². The summed E-state index contributed by atoms with van der Waals surface area (Å²) < 4.78 is 0. The zero-order valence-electron chi connectivity index (χ0n) is 10.5. The molecule has 1 heterocycles. The molecule has 1 fully saturated rings. The van der Waals surface area contributed by atoms with Crippen LogP contribution < -0.4 is 16.0 Å². The Bertz CT molecular complexity index is 475. The number of carbonyl (C=O) groups excluding carboxylic acids is 2. The average Bonchev–Trinajstić information content (AvgIpc) is 2.80. The summed E-state index contributed by atoms with van der Waals surface area (Å²) in [6, 6.07) is 6.67. The predicted octanol–water partition coefficient (Wildman–Crippen LogP) is -0.189. The molecule has 0 aliphatic carbocycles. The van der Waals surface area contributed by atoms with Gasteiger partial charge in [0, 0.05) is 23.6 Å². The number of quaternary nitrogens is 1. The van der Waals surface area contributed by atoms with Crippen molar-refractivity contribution in [1.82, 2.24) is 0 Å².